The van der Waals surface area contributed by atoms with Gasteiger partial charge in [-0.25, -0.2) is 0 Å². The molecule has 11 heavy (non-hydrogen) atoms. The third-order valence-electron chi connectivity index (χ3n) is 1.39. The highest BCUT2D eigenvalue weighted by Crippen LogP contribution is 2.23. The van der Waals surface area contributed by atoms with Crippen LogP contribution < -0.4 is 0 Å². The lowest BCUT2D eigenvalue weighted by atomic mass is 10.4. The van der Waals surface area contributed by atoms with Crippen LogP contribution in [0.3, 0.4) is 0 Å². The summed E-state index contributed by atoms with van der Waals surface area (Å²) in [4.78, 5) is 0. The summed E-state index contributed by atoms with van der Waals surface area (Å²) in [5.74, 6) is 0. The molecule has 1 aromatic rings. The van der Waals surface area contributed by atoms with E-state index < -0.39 is 0 Å². The lowest BCUT2D eigenvalue weighted by Gasteiger charge is -1.95. The van der Waals surface area contributed by atoms with Crippen LogP contribution in [-0.4, -0.2) is 14.9 Å². The first kappa shape index (κ1) is 8.84. The fourth-order valence-electron chi connectivity index (χ4n) is 0.791. The number of aryl methyl sites for hydroxylation is 1. The van der Waals surface area contributed by atoms with Gasteiger partial charge in [-0.1, -0.05) is 23.2 Å². The predicted molar refractivity (Wildman–Crippen MR) is 43.8 cm³/mol. The van der Waals surface area contributed by atoms with Crippen LogP contribution in [0.5, 0.6) is 0 Å². The number of aliphatic hydroxyl groups excluding tert-OH is 1. The third kappa shape index (κ3) is 1.50. The van der Waals surface area contributed by atoms with Crippen LogP contribution in [0.2, 0.25) is 10.3 Å². The molecule has 3 nitrogen and oxygen atoms in total. The van der Waals surface area contributed by atoms with Crippen molar-refractivity contribution in [3.63, 3.8) is 0 Å². The zero-order valence-electron chi connectivity index (χ0n) is 6.01. The lowest BCUT2D eigenvalue weighted by Crippen LogP contribution is -1.95. The van der Waals surface area contributed by atoms with E-state index in [1.54, 1.807) is 0 Å². The molecule has 0 fully saturated rings. The van der Waals surface area contributed by atoms with Crippen molar-refractivity contribution in [2.24, 2.45) is 0 Å². The van der Waals surface area contributed by atoms with Gasteiger partial charge in [-0.15, -0.1) is 0 Å². The summed E-state index contributed by atoms with van der Waals surface area (Å²) < 4.78 is 1.54. The monoisotopic (exact) mass is 194 g/mol. The SMILES string of the molecule is CCn1nc(Cl)c(CO)c1Cl. The maximum Gasteiger partial charge on any atom is 0.158 e. The maximum absolute atomic E-state index is 8.79. The van der Waals surface area contributed by atoms with E-state index in [-0.39, 0.29) is 11.8 Å². The van der Waals surface area contributed by atoms with Gasteiger partial charge < -0.3 is 5.11 Å². The van der Waals surface area contributed by atoms with Crippen molar-refractivity contribution in [1.82, 2.24) is 9.78 Å². The normalized spacial score (nSPS) is 10.5. The summed E-state index contributed by atoms with van der Waals surface area (Å²) in [5.41, 5.74) is 0.496. The zero-order valence-corrected chi connectivity index (χ0v) is 7.52. The van der Waals surface area contributed by atoms with Crippen LogP contribution in [0.1, 0.15) is 12.5 Å². The molecule has 0 aromatic carbocycles. The number of aliphatic hydroxyl groups is 1. The predicted octanol–water partition coefficient (Wildman–Crippen LogP) is 1.70. The second kappa shape index (κ2) is 3.43. The molecule has 62 valence electrons. The Kier molecular flexibility index (Phi) is 2.76. The third-order valence-corrected chi connectivity index (χ3v) is 2.12. The van der Waals surface area contributed by atoms with Crippen molar-refractivity contribution < 1.29 is 5.11 Å². The van der Waals surface area contributed by atoms with Gasteiger partial charge in [-0.3, -0.25) is 4.68 Å². The zero-order chi connectivity index (χ0) is 8.43. The molecule has 1 N–H and O–H groups in total. The van der Waals surface area contributed by atoms with Crippen molar-refractivity contribution in [3.8, 4) is 0 Å². The van der Waals surface area contributed by atoms with Gasteiger partial charge in [0.15, 0.2) is 5.15 Å². The molecule has 0 atom stereocenters. The van der Waals surface area contributed by atoms with Gasteiger partial charge in [0.1, 0.15) is 5.15 Å². The average molecular weight is 195 g/mol. The van der Waals surface area contributed by atoms with E-state index in [1.165, 1.54) is 4.68 Å². The smallest absolute Gasteiger partial charge is 0.158 e. The molecule has 0 spiro atoms. The van der Waals surface area contributed by atoms with Gasteiger partial charge >= 0.3 is 0 Å². The molecule has 0 aliphatic carbocycles. The summed E-state index contributed by atoms with van der Waals surface area (Å²) >= 11 is 11.4. The Bertz CT molecular complexity index is 259. The van der Waals surface area contributed by atoms with Crippen LogP contribution in [0, 0.1) is 0 Å². The van der Waals surface area contributed by atoms with Gasteiger partial charge in [0.25, 0.3) is 0 Å². The maximum atomic E-state index is 8.79. The fraction of sp³-hybridized carbons (Fsp3) is 0.500. The summed E-state index contributed by atoms with van der Waals surface area (Å²) in [7, 11) is 0. The molecular formula is C6H8Cl2N2O. The Labute approximate surface area is 74.5 Å². The number of hydrogen-bond acceptors (Lipinski definition) is 2. The van der Waals surface area contributed by atoms with Crippen molar-refractivity contribution in [1.29, 1.82) is 0 Å². The second-order valence-electron chi connectivity index (χ2n) is 2.03. The van der Waals surface area contributed by atoms with Crippen LogP contribution in [0.15, 0.2) is 0 Å². The molecule has 0 unspecified atom stereocenters. The molecule has 0 saturated heterocycles. The molecule has 0 aliphatic rings. The quantitative estimate of drug-likeness (QED) is 0.779. The number of halogens is 2. The standard InChI is InChI=1S/C6H8Cl2N2O/c1-2-10-6(8)4(3-11)5(7)9-10/h11H,2-3H2,1H3. The highest BCUT2D eigenvalue weighted by atomic mass is 35.5. The van der Waals surface area contributed by atoms with Crippen LogP contribution in [-0.2, 0) is 13.2 Å². The van der Waals surface area contributed by atoms with E-state index >= 15 is 0 Å². The van der Waals surface area contributed by atoms with Gasteiger partial charge in [-0.05, 0) is 6.92 Å². The van der Waals surface area contributed by atoms with Crippen molar-refractivity contribution in [2.45, 2.75) is 20.1 Å². The number of rotatable bonds is 2. The second-order valence-corrected chi connectivity index (χ2v) is 2.75. The molecule has 1 rings (SSSR count). The first-order valence-electron chi connectivity index (χ1n) is 3.22. The first-order chi connectivity index (χ1) is 5.20. The fourth-order valence-corrected chi connectivity index (χ4v) is 1.39. The van der Waals surface area contributed by atoms with Gasteiger partial charge in [0.2, 0.25) is 0 Å². The number of hydrogen-bond donors (Lipinski definition) is 1. The van der Waals surface area contributed by atoms with Crippen LogP contribution in [0.25, 0.3) is 0 Å². The number of aromatic nitrogens is 2. The molecule has 0 saturated carbocycles. The Morgan fingerprint density at radius 3 is 2.45 bits per heavy atom. The molecule has 0 bridgehead atoms. The van der Waals surface area contributed by atoms with Crippen molar-refractivity contribution >= 4 is 23.2 Å². The van der Waals surface area contributed by atoms with Gasteiger partial charge in [0, 0.05) is 6.54 Å². The topological polar surface area (TPSA) is 38.0 Å². The van der Waals surface area contributed by atoms with Crippen LogP contribution in [0.4, 0.5) is 0 Å². The van der Waals surface area contributed by atoms with Crippen LogP contribution >= 0.6 is 23.2 Å². The molecular weight excluding hydrogens is 187 g/mol. The van der Waals surface area contributed by atoms with Crippen molar-refractivity contribution in [2.75, 3.05) is 0 Å². The molecule has 0 aliphatic heterocycles. The minimum Gasteiger partial charge on any atom is -0.391 e. The van der Waals surface area contributed by atoms with E-state index in [0.717, 1.165) is 0 Å². The highest BCUT2D eigenvalue weighted by Gasteiger charge is 2.11. The molecule has 1 aromatic heterocycles. The summed E-state index contributed by atoms with van der Waals surface area (Å²) in [5, 5.41) is 13.4. The van der Waals surface area contributed by atoms with E-state index in [1.807, 2.05) is 6.92 Å². The van der Waals surface area contributed by atoms with Gasteiger partial charge in [0.05, 0.1) is 12.2 Å². The molecule has 5 heteroatoms. The Morgan fingerprint density at radius 2 is 2.18 bits per heavy atom. The summed E-state index contributed by atoms with van der Waals surface area (Å²) in [6.45, 7) is 2.38. The lowest BCUT2D eigenvalue weighted by molar-refractivity contribution is 0.282. The molecule has 1 heterocycles. The highest BCUT2D eigenvalue weighted by molar-refractivity contribution is 6.34. The van der Waals surface area contributed by atoms with Crippen molar-refractivity contribution in [3.05, 3.63) is 15.9 Å². The Morgan fingerprint density at radius 1 is 1.55 bits per heavy atom. The minimum absolute atomic E-state index is 0.169. The summed E-state index contributed by atoms with van der Waals surface area (Å²) in [6, 6.07) is 0. The van der Waals surface area contributed by atoms with E-state index in [2.05, 4.69) is 5.10 Å². The van der Waals surface area contributed by atoms with E-state index in [9.17, 15) is 0 Å². The number of nitrogens with zero attached hydrogens (tertiary/aromatic N) is 2. The first-order valence-corrected chi connectivity index (χ1v) is 3.97. The Balaban J connectivity index is 3.14. The molecule has 0 radical (unpaired) electrons. The Hall–Kier alpha value is -0.250. The minimum atomic E-state index is -0.169. The molecule has 0 amide bonds. The summed E-state index contributed by atoms with van der Waals surface area (Å²) in [6.07, 6.45) is 0. The van der Waals surface area contributed by atoms with E-state index in [4.69, 9.17) is 28.3 Å². The van der Waals surface area contributed by atoms with E-state index in [0.29, 0.717) is 17.3 Å². The average Bonchev–Trinajstić information content (AvgIpc) is 2.26. The van der Waals surface area contributed by atoms with Gasteiger partial charge in [-0.2, -0.15) is 5.10 Å². The largest absolute Gasteiger partial charge is 0.391 e.